The van der Waals surface area contributed by atoms with Gasteiger partial charge in [-0.1, -0.05) is 23.7 Å². The Morgan fingerprint density at radius 3 is 2.42 bits per heavy atom. The van der Waals surface area contributed by atoms with E-state index in [9.17, 15) is 19.7 Å². The van der Waals surface area contributed by atoms with Gasteiger partial charge in [0.15, 0.2) is 18.1 Å². The third kappa shape index (κ3) is 6.70. The summed E-state index contributed by atoms with van der Waals surface area (Å²) in [5.41, 5.74) is 3.36. The summed E-state index contributed by atoms with van der Waals surface area (Å²) in [5.74, 6) is -0.0830. The molecule has 3 rings (SSSR count). The second kappa shape index (κ2) is 12.2. The number of methoxy groups -OCH3 is 2. The van der Waals surface area contributed by atoms with Gasteiger partial charge in [-0.25, -0.2) is 5.43 Å². The Balaban J connectivity index is 1.63. The van der Waals surface area contributed by atoms with Gasteiger partial charge >= 0.3 is 0 Å². The van der Waals surface area contributed by atoms with E-state index in [0.29, 0.717) is 17.0 Å². The molecule has 186 valence electrons. The van der Waals surface area contributed by atoms with Crippen LogP contribution in [0.2, 0.25) is 5.02 Å². The van der Waals surface area contributed by atoms with Crippen molar-refractivity contribution in [3.05, 3.63) is 86.9 Å². The highest BCUT2D eigenvalue weighted by Gasteiger charge is 2.15. The largest absolute Gasteiger partial charge is 0.495 e. The number of carbonyl (C=O) groups excluding carboxylic acids is 2. The molecule has 0 fully saturated rings. The molecule has 12 heteroatoms. The molecule has 0 aliphatic rings. The molecule has 0 saturated heterocycles. The molecule has 2 amide bonds. The van der Waals surface area contributed by atoms with E-state index in [0.717, 1.165) is 0 Å². The van der Waals surface area contributed by atoms with Crippen molar-refractivity contribution in [3.63, 3.8) is 0 Å². The smallest absolute Gasteiger partial charge is 0.271 e. The summed E-state index contributed by atoms with van der Waals surface area (Å²) in [6, 6.07) is 15.1. The molecule has 0 atom stereocenters. The van der Waals surface area contributed by atoms with Crippen LogP contribution in [0.1, 0.15) is 15.9 Å². The van der Waals surface area contributed by atoms with E-state index in [-0.39, 0.29) is 34.4 Å². The molecule has 0 aliphatic heterocycles. The van der Waals surface area contributed by atoms with Crippen molar-refractivity contribution in [2.24, 2.45) is 5.10 Å². The number of amides is 2. The highest BCUT2D eigenvalue weighted by Crippen LogP contribution is 2.36. The minimum atomic E-state index is -0.558. The summed E-state index contributed by atoms with van der Waals surface area (Å²) in [6.45, 7) is -0.340. The van der Waals surface area contributed by atoms with Crippen molar-refractivity contribution >= 4 is 41.0 Å². The van der Waals surface area contributed by atoms with Gasteiger partial charge in [0, 0.05) is 17.7 Å². The number of hydrazone groups is 1. The summed E-state index contributed by atoms with van der Waals surface area (Å²) in [4.78, 5) is 34.7. The molecule has 0 radical (unpaired) electrons. The standard InChI is InChI=1S/C24H21ClN4O7/c1-34-20-6-4-3-5-19(20)27-22(30)14-36-23-18(25)11-15(12-21(23)35-2)13-26-28-24(31)16-7-9-17(10-8-16)29(32)33/h3-13H,14H2,1-2H3,(H,27,30)(H,28,31)/b26-13+. The van der Waals surface area contributed by atoms with Crippen LogP contribution in [0.3, 0.4) is 0 Å². The quantitative estimate of drug-likeness (QED) is 0.237. The summed E-state index contributed by atoms with van der Waals surface area (Å²) in [7, 11) is 2.91. The fraction of sp³-hybridized carbons (Fsp3) is 0.125. The van der Waals surface area contributed by atoms with Crippen LogP contribution in [0.25, 0.3) is 0 Å². The fourth-order valence-corrected chi connectivity index (χ4v) is 3.26. The van der Waals surface area contributed by atoms with Gasteiger partial charge in [-0.05, 0) is 42.0 Å². The lowest BCUT2D eigenvalue weighted by molar-refractivity contribution is -0.384. The molecule has 0 aromatic heterocycles. The van der Waals surface area contributed by atoms with Crippen LogP contribution in [0, 0.1) is 10.1 Å². The van der Waals surface area contributed by atoms with Crippen molar-refractivity contribution in [1.29, 1.82) is 0 Å². The molecule has 11 nitrogen and oxygen atoms in total. The normalized spacial score (nSPS) is 10.5. The number of hydrogen-bond acceptors (Lipinski definition) is 8. The maximum Gasteiger partial charge on any atom is 0.271 e. The Labute approximate surface area is 210 Å². The lowest BCUT2D eigenvalue weighted by Gasteiger charge is -2.14. The van der Waals surface area contributed by atoms with Crippen molar-refractivity contribution in [1.82, 2.24) is 5.43 Å². The van der Waals surface area contributed by atoms with E-state index in [1.54, 1.807) is 30.3 Å². The first-order chi connectivity index (χ1) is 17.3. The number of nitro groups is 1. The van der Waals surface area contributed by atoms with Gasteiger partial charge in [0.1, 0.15) is 5.75 Å². The molecular formula is C24H21ClN4O7. The Bertz CT molecular complexity index is 1300. The van der Waals surface area contributed by atoms with Crippen LogP contribution in [-0.4, -0.2) is 43.8 Å². The zero-order valence-corrected chi connectivity index (χ0v) is 19.9. The van der Waals surface area contributed by atoms with Crippen molar-refractivity contribution in [2.75, 3.05) is 26.1 Å². The predicted molar refractivity (Wildman–Crippen MR) is 133 cm³/mol. The lowest BCUT2D eigenvalue weighted by Crippen LogP contribution is -2.20. The predicted octanol–water partition coefficient (Wildman–Crippen LogP) is 4.05. The highest BCUT2D eigenvalue weighted by molar-refractivity contribution is 6.32. The molecular weight excluding hydrogens is 492 g/mol. The van der Waals surface area contributed by atoms with Crippen LogP contribution in [0.5, 0.6) is 17.2 Å². The number of nitro benzene ring substituents is 1. The Hall–Kier alpha value is -4.64. The number of anilines is 1. The van der Waals surface area contributed by atoms with Gasteiger partial charge in [-0.15, -0.1) is 0 Å². The third-order valence-electron chi connectivity index (χ3n) is 4.70. The Morgan fingerprint density at radius 1 is 1.06 bits per heavy atom. The molecule has 0 bridgehead atoms. The second-order valence-corrected chi connectivity index (χ2v) is 7.48. The van der Waals surface area contributed by atoms with Crippen molar-refractivity contribution in [2.45, 2.75) is 0 Å². The van der Waals surface area contributed by atoms with E-state index < -0.39 is 16.7 Å². The van der Waals surface area contributed by atoms with Crippen LogP contribution >= 0.6 is 11.6 Å². The second-order valence-electron chi connectivity index (χ2n) is 7.07. The molecule has 0 spiro atoms. The molecule has 36 heavy (non-hydrogen) atoms. The van der Waals surface area contributed by atoms with E-state index in [4.69, 9.17) is 25.8 Å². The van der Waals surface area contributed by atoms with Crippen LogP contribution in [0.15, 0.2) is 65.8 Å². The monoisotopic (exact) mass is 512 g/mol. The Morgan fingerprint density at radius 2 is 1.75 bits per heavy atom. The molecule has 0 aliphatic carbocycles. The zero-order chi connectivity index (χ0) is 26.1. The number of benzene rings is 3. The maximum atomic E-state index is 12.3. The van der Waals surface area contributed by atoms with Crippen molar-refractivity contribution in [3.8, 4) is 17.2 Å². The number of hydrogen-bond donors (Lipinski definition) is 2. The van der Waals surface area contributed by atoms with E-state index in [1.165, 1.54) is 50.8 Å². The molecule has 0 saturated carbocycles. The number of rotatable bonds is 10. The summed E-state index contributed by atoms with van der Waals surface area (Å²) < 4.78 is 16.1. The molecule has 2 N–H and O–H groups in total. The van der Waals surface area contributed by atoms with E-state index in [2.05, 4.69) is 15.8 Å². The third-order valence-corrected chi connectivity index (χ3v) is 4.98. The first kappa shape index (κ1) is 26.0. The summed E-state index contributed by atoms with van der Waals surface area (Å²) >= 11 is 6.32. The zero-order valence-electron chi connectivity index (χ0n) is 19.2. The van der Waals surface area contributed by atoms with E-state index >= 15 is 0 Å². The average molecular weight is 513 g/mol. The van der Waals surface area contributed by atoms with E-state index in [1.807, 2.05) is 0 Å². The first-order valence-electron chi connectivity index (χ1n) is 10.3. The molecule has 0 unspecified atom stereocenters. The average Bonchev–Trinajstić information content (AvgIpc) is 2.88. The number of carbonyl (C=O) groups is 2. The summed E-state index contributed by atoms with van der Waals surface area (Å²) in [6.07, 6.45) is 1.33. The topological polar surface area (TPSA) is 141 Å². The minimum Gasteiger partial charge on any atom is -0.495 e. The van der Waals surface area contributed by atoms with Crippen LogP contribution < -0.4 is 25.0 Å². The SMILES string of the molecule is COc1ccccc1NC(=O)COc1c(Cl)cc(/C=N/NC(=O)c2ccc([N+](=O)[O-])cc2)cc1OC. The number of nitrogens with one attached hydrogen (secondary N) is 2. The van der Waals surface area contributed by atoms with Gasteiger partial charge in [-0.2, -0.15) is 5.10 Å². The number of nitrogens with zero attached hydrogens (tertiary/aromatic N) is 2. The molecule has 0 heterocycles. The number of non-ortho nitro benzene ring substituents is 1. The van der Waals surface area contributed by atoms with Crippen LogP contribution in [-0.2, 0) is 4.79 Å². The maximum absolute atomic E-state index is 12.3. The van der Waals surface area contributed by atoms with Gasteiger partial charge in [0.05, 0.1) is 36.1 Å². The Kier molecular flexibility index (Phi) is 8.79. The fourth-order valence-electron chi connectivity index (χ4n) is 2.99. The van der Waals surface area contributed by atoms with Gasteiger partial charge in [0.25, 0.3) is 17.5 Å². The summed E-state index contributed by atoms with van der Waals surface area (Å²) in [5, 5.41) is 17.4. The van der Waals surface area contributed by atoms with Gasteiger partial charge in [-0.3, -0.25) is 19.7 Å². The number of halogens is 1. The number of para-hydroxylation sites is 2. The van der Waals surface area contributed by atoms with Gasteiger partial charge in [0.2, 0.25) is 0 Å². The molecule has 3 aromatic rings. The molecule has 3 aromatic carbocycles. The highest BCUT2D eigenvalue weighted by atomic mass is 35.5. The number of ether oxygens (including phenoxy) is 3. The van der Waals surface area contributed by atoms with Gasteiger partial charge < -0.3 is 19.5 Å². The van der Waals surface area contributed by atoms with Crippen LogP contribution in [0.4, 0.5) is 11.4 Å². The van der Waals surface area contributed by atoms with Crippen molar-refractivity contribution < 1.29 is 28.7 Å². The lowest BCUT2D eigenvalue weighted by atomic mass is 10.2. The first-order valence-corrected chi connectivity index (χ1v) is 10.7. The minimum absolute atomic E-state index is 0.128.